The molecule has 0 amide bonds. The number of hydrogen-bond acceptors (Lipinski definition) is 7. The number of carbonyl (C=O) groups excluding carboxylic acids is 1. The molecule has 0 aliphatic heterocycles. The molecule has 19 heavy (non-hydrogen) atoms. The normalized spacial score (nSPS) is 10.4. The van der Waals surface area contributed by atoms with Crippen LogP contribution in [0.5, 0.6) is 0 Å². The molecule has 0 aromatic carbocycles. The van der Waals surface area contributed by atoms with Crippen molar-refractivity contribution in [1.82, 2.24) is 4.98 Å². The first-order valence-electron chi connectivity index (χ1n) is 6.08. The molecule has 1 heterocycles. The minimum atomic E-state index is -0.214. The van der Waals surface area contributed by atoms with Gasteiger partial charge in [-0.05, 0) is 0 Å². The van der Waals surface area contributed by atoms with Crippen molar-refractivity contribution in [3.8, 4) is 0 Å². The van der Waals surface area contributed by atoms with Crippen LogP contribution in [-0.2, 0) is 25.4 Å². The quantitative estimate of drug-likeness (QED) is 0.517. The Bertz CT molecular complexity index is 370. The number of thiazole rings is 1. The van der Waals surface area contributed by atoms with Crippen LogP contribution in [0.25, 0.3) is 0 Å². The molecule has 0 aliphatic carbocycles. The Kier molecular flexibility index (Phi) is 8.11. The Balaban J connectivity index is 2.14. The first kappa shape index (κ1) is 15.9. The van der Waals surface area contributed by atoms with Crippen molar-refractivity contribution < 1.29 is 19.0 Å². The summed E-state index contributed by atoms with van der Waals surface area (Å²) in [6.45, 7) is 2.52. The lowest BCUT2D eigenvalue weighted by molar-refractivity contribution is -0.140. The van der Waals surface area contributed by atoms with Crippen LogP contribution in [0.3, 0.4) is 0 Å². The van der Waals surface area contributed by atoms with Crippen molar-refractivity contribution in [1.29, 1.82) is 0 Å². The summed E-state index contributed by atoms with van der Waals surface area (Å²) in [5, 5.41) is 5.95. The number of carbonyl (C=O) groups is 1. The average molecular weight is 288 g/mol. The zero-order valence-electron chi connectivity index (χ0n) is 11.3. The minimum Gasteiger partial charge on any atom is -0.469 e. The van der Waals surface area contributed by atoms with E-state index >= 15 is 0 Å². The van der Waals surface area contributed by atoms with Crippen molar-refractivity contribution in [2.24, 2.45) is 0 Å². The highest BCUT2D eigenvalue weighted by Gasteiger charge is 2.05. The highest BCUT2D eigenvalue weighted by atomic mass is 32.1. The van der Waals surface area contributed by atoms with Crippen molar-refractivity contribution in [3.63, 3.8) is 0 Å². The first-order valence-corrected chi connectivity index (χ1v) is 6.96. The molecule has 0 aliphatic rings. The molecule has 108 valence electrons. The Hall–Kier alpha value is -1.18. The van der Waals surface area contributed by atoms with Crippen LogP contribution in [-0.4, -0.2) is 51.5 Å². The van der Waals surface area contributed by atoms with Gasteiger partial charge in [0.05, 0.1) is 39.0 Å². The van der Waals surface area contributed by atoms with Crippen LogP contribution in [0.1, 0.15) is 12.1 Å². The maximum atomic E-state index is 11.0. The van der Waals surface area contributed by atoms with Crippen LogP contribution in [0, 0.1) is 0 Å². The second-order valence-corrected chi connectivity index (χ2v) is 4.61. The fourth-order valence-corrected chi connectivity index (χ4v) is 2.08. The van der Waals surface area contributed by atoms with E-state index in [1.807, 2.05) is 5.38 Å². The molecule has 0 fully saturated rings. The first-order chi connectivity index (χ1) is 9.26. The summed E-state index contributed by atoms with van der Waals surface area (Å²) in [5.41, 5.74) is 0.901. The number of hydrogen-bond donors (Lipinski definition) is 1. The van der Waals surface area contributed by atoms with Gasteiger partial charge in [-0.1, -0.05) is 0 Å². The summed E-state index contributed by atoms with van der Waals surface area (Å²) >= 11 is 1.52. The van der Waals surface area contributed by atoms with Crippen LogP contribution in [0.15, 0.2) is 5.38 Å². The van der Waals surface area contributed by atoms with Crippen molar-refractivity contribution in [2.45, 2.75) is 12.8 Å². The molecule has 0 saturated carbocycles. The Labute approximate surface area is 117 Å². The maximum Gasteiger partial charge on any atom is 0.305 e. The number of aryl methyl sites for hydroxylation is 1. The summed E-state index contributed by atoms with van der Waals surface area (Å²) < 4.78 is 14.8. The van der Waals surface area contributed by atoms with Gasteiger partial charge in [0.15, 0.2) is 5.13 Å². The van der Waals surface area contributed by atoms with Gasteiger partial charge in [0.1, 0.15) is 0 Å². The number of aromatic nitrogens is 1. The Morgan fingerprint density at radius 2 is 2.21 bits per heavy atom. The third kappa shape index (κ3) is 7.09. The van der Waals surface area contributed by atoms with E-state index in [-0.39, 0.29) is 5.97 Å². The maximum absolute atomic E-state index is 11.0. The van der Waals surface area contributed by atoms with Gasteiger partial charge < -0.3 is 19.5 Å². The van der Waals surface area contributed by atoms with Crippen LogP contribution >= 0.6 is 11.3 Å². The van der Waals surface area contributed by atoms with Gasteiger partial charge in [-0.3, -0.25) is 4.79 Å². The number of anilines is 1. The summed E-state index contributed by atoms with van der Waals surface area (Å²) in [6.07, 6.45) is 0.967. The predicted octanol–water partition coefficient (Wildman–Crippen LogP) is 1.32. The lowest BCUT2D eigenvalue weighted by Crippen LogP contribution is -2.11. The molecule has 1 N–H and O–H groups in total. The average Bonchev–Trinajstić information content (AvgIpc) is 2.88. The zero-order chi connectivity index (χ0) is 13.9. The summed E-state index contributed by atoms with van der Waals surface area (Å²) in [4.78, 5) is 15.4. The molecule has 0 radical (unpaired) electrons. The molecule has 0 bridgehead atoms. The van der Waals surface area contributed by atoms with E-state index in [1.165, 1.54) is 18.4 Å². The number of nitrogens with zero attached hydrogens (tertiary/aromatic N) is 1. The van der Waals surface area contributed by atoms with E-state index in [4.69, 9.17) is 9.47 Å². The third-order valence-electron chi connectivity index (χ3n) is 2.32. The molecule has 6 nitrogen and oxygen atoms in total. The van der Waals surface area contributed by atoms with Gasteiger partial charge in [-0.15, -0.1) is 11.3 Å². The van der Waals surface area contributed by atoms with Crippen molar-refractivity contribution in [3.05, 3.63) is 11.1 Å². The standard InChI is InChI=1S/C12H20N2O4S/c1-16-7-8-18-6-5-13-12-14-10(9-19-12)3-4-11(15)17-2/h9H,3-8H2,1-2H3,(H,13,14). The van der Waals surface area contributed by atoms with E-state index < -0.39 is 0 Å². The van der Waals surface area contributed by atoms with E-state index in [0.29, 0.717) is 39.2 Å². The molecular formula is C12H20N2O4S. The smallest absolute Gasteiger partial charge is 0.305 e. The second kappa shape index (κ2) is 9.71. The second-order valence-electron chi connectivity index (χ2n) is 3.75. The van der Waals surface area contributed by atoms with E-state index in [0.717, 1.165) is 10.8 Å². The fraction of sp³-hybridized carbons (Fsp3) is 0.667. The van der Waals surface area contributed by atoms with Gasteiger partial charge in [0, 0.05) is 25.5 Å². The molecule has 0 unspecified atom stereocenters. The van der Waals surface area contributed by atoms with Gasteiger partial charge >= 0.3 is 5.97 Å². The van der Waals surface area contributed by atoms with Crippen LogP contribution in [0.2, 0.25) is 0 Å². The van der Waals surface area contributed by atoms with Crippen molar-refractivity contribution in [2.75, 3.05) is 45.9 Å². The minimum absolute atomic E-state index is 0.214. The number of rotatable bonds is 10. The predicted molar refractivity (Wildman–Crippen MR) is 73.6 cm³/mol. The Morgan fingerprint density at radius 1 is 1.37 bits per heavy atom. The zero-order valence-corrected chi connectivity index (χ0v) is 12.1. The van der Waals surface area contributed by atoms with Crippen LogP contribution in [0.4, 0.5) is 5.13 Å². The lowest BCUT2D eigenvalue weighted by atomic mass is 10.2. The molecule has 0 spiro atoms. The molecule has 7 heteroatoms. The largest absolute Gasteiger partial charge is 0.469 e. The summed E-state index contributed by atoms with van der Waals surface area (Å²) in [6, 6.07) is 0. The van der Waals surface area contributed by atoms with Gasteiger partial charge in [-0.2, -0.15) is 0 Å². The molecule has 0 saturated heterocycles. The third-order valence-corrected chi connectivity index (χ3v) is 3.17. The number of nitrogens with one attached hydrogen (secondary N) is 1. The number of esters is 1. The Morgan fingerprint density at radius 3 is 2.95 bits per heavy atom. The van der Waals surface area contributed by atoms with E-state index in [9.17, 15) is 4.79 Å². The van der Waals surface area contributed by atoms with E-state index in [1.54, 1.807) is 7.11 Å². The van der Waals surface area contributed by atoms with Gasteiger partial charge in [0.2, 0.25) is 0 Å². The summed E-state index contributed by atoms with van der Waals surface area (Å²) in [5.74, 6) is -0.214. The highest BCUT2D eigenvalue weighted by molar-refractivity contribution is 7.13. The molecular weight excluding hydrogens is 268 g/mol. The molecule has 1 aromatic heterocycles. The SMILES string of the molecule is COCCOCCNc1nc(CCC(=O)OC)cs1. The fourth-order valence-electron chi connectivity index (χ4n) is 1.31. The monoisotopic (exact) mass is 288 g/mol. The van der Waals surface area contributed by atoms with E-state index in [2.05, 4.69) is 15.0 Å². The molecule has 1 aromatic rings. The number of ether oxygens (including phenoxy) is 3. The highest BCUT2D eigenvalue weighted by Crippen LogP contribution is 2.16. The number of methoxy groups -OCH3 is 2. The van der Waals surface area contributed by atoms with Crippen LogP contribution < -0.4 is 5.32 Å². The van der Waals surface area contributed by atoms with Crippen molar-refractivity contribution >= 4 is 22.4 Å². The topological polar surface area (TPSA) is 69.7 Å². The molecule has 1 rings (SSSR count). The van der Waals surface area contributed by atoms with Gasteiger partial charge in [0.25, 0.3) is 0 Å². The molecule has 0 atom stereocenters. The lowest BCUT2D eigenvalue weighted by Gasteiger charge is -2.04. The van der Waals surface area contributed by atoms with Gasteiger partial charge in [-0.25, -0.2) is 4.98 Å². The summed E-state index contributed by atoms with van der Waals surface area (Å²) in [7, 11) is 3.03.